The number of carbonyl (C=O) groups excluding carboxylic acids is 4. The van der Waals surface area contributed by atoms with Gasteiger partial charge < -0.3 is 34.3 Å². The Morgan fingerprint density at radius 3 is 1.72 bits per heavy atom. The molecule has 5 rings (SSSR count). The number of benzene rings is 2. The standard InChI is InChI=1S/C24H29FO5.C20H23FO6.FH/c1-14-12-15(2)20-17(13-14)8-7-9-19-21(30-23(4,5)29-19)18(26)10-11-24(6,25)16(3)28-22(20)27;1-11-9-13-5-4-6-14(22)18(25)15(23)7-8-20(3,21)12(2)27-19(26)17(13)16(24)10-11;/h7-8,10-13,16,19,21H,9H2,1-6H3;4-5,7-10,12,14,18,22,24-25H,6H2,1-3H3;1H/b8-7+,11-10-;5-4+,8-7-;/t16?,19-,21?,24?;12?,14-,18?,20?;/m00./s1. The van der Waals surface area contributed by atoms with E-state index in [1.807, 2.05) is 38.1 Å². The van der Waals surface area contributed by atoms with E-state index in [4.69, 9.17) is 18.9 Å². The first-order valence-corrected chi connectivity index (χ1v) is 18.7. The number of aliphatic hydroxyl groups excluding tert-OH is 2. The van der Waals surface area contributed by atoms with Gasteiger partial charge in [0.1, 0.15) is 35.7 Å². The van der Waals surface area contributed by atoms with Crippen molar-refractivity contribution in [2.24, 2.45) is 0 Å². The number of carbonyl (C=O) groups is 4. The van der Waals surface area contributed by atoms with Crippen LogP contribution in [0.4, 0.5) is 13.5 Å². The molecule has 0 aromatic heterocycles. The number of halogens is 3. The van der Waals surface area contributed by atoms with Crippen LogP contribution in [0.2, 0.25) is 0 Å². The van der Waals surface area contributed by atoms with Gasteiger partial charge in [-0.05, 0) is 128 Å². The first-order valence-electron chi connectivity index (χ1n) is 18.7. The third-order valence-electron chi connectivity index (χ3n) is 9.98. The molecule has 3 aliphatic rings. The van der Waals surface area contributed by atoms with Crippen LogP contribution in [0.5, 0.6) is 5.75 Å². The molecular formula is C44H53F3O11. The molecule has 316 valence electrons. The van der Waals surface area contributed by atoms with Crippen molar-refractivity contribution in [1.29, 1.82) is 0 Å². The third-order valence-corrected chi connectivity index (χ3v) is 9.98. The Hall–Kier alpha value is -4.89. The van der Waals surface area contributed by atoms with Gasteiger partial charge >= 0.3 is 11.9 Å². The number of phenols is 1. The fraction of sp³-hybridized carbons (Fsp3) is 0.455. The third kappa shape index (κ3) is 11.6. The summed E-state index contributed by atoms with van der Waals surface area (Å²) in [7, 11) is 0. The van der Waals surface area contributed by atoms with Crippen molar-refractivity contribution in [2.75, 3.05) is 0 Å². The average molecular weight is 815 g/mol. The molecule has 0 bridgehead atoms. The van der Waals surface area contributed by atoms with E-state index in [1.165, 1.54) is 39.0 Å². The van der Waals surface area contributed by atoms with Crippen LogP contribution in [0, 0.1) is 20.8 Å². The van der Waals surface area contributed by atoms with Crippen LogP contribution < -0.4 is 0 Å². The largest absolute Gasteiger partial charge is 0.507 e. The summed E-state index contributed by atoms with van der Waals surface area (Å²) in [6.45, 7) is 14.1. The number of hydrogen-bond acceptors (Lipinski definition) is 11. The SMILES string of the molecule is Cc1cc(C)c2c(c1)/C=C/C[C@@H]1OC(C)(C)OC1C(=O)/C=C\C(C)(F)C(C)OC2=O.Cc1cc(O)c2c(c1)/C=C/C[C@H](O)C(O)C(=O)/C=C\C(C)(F)C(C)OC2=O.F. The zero-order valence-corrected chi connectivity index (χ0v) is 34.1. The van der Waals surface area contributed by atoms with E-state index in [9.17, 15) is 38.9 Å². The van der Waals surface area contributed by atoms with Crippen molar-refractivity contribution < 1.29 is 66.9 Å². The summed E-state index contributed by atoms with van der Waals surface area (Å²) in [5.74, 6) is -3.99. The van der Waals surface area contributed by atoms with E-state index in [1.54, 1.807) is 26.8 Å². The normalized spacial score (nSPS) is 32.4. The lowest BCUT2D eigenvalue weighted by Gasteiger charge is -2.25. The lowest BCUT2D eigenvalue weighted by Crippen LogP contribution is -2.36. The Kier molecular flexibility index (Phi) is 15.4. The Bertz CT molecular complexity index is 2000. The zero-order valence-electron chi connectivity index (χ0n) is 34.1. The number of aromatic hydroxyl groups is 1. The van der Waals surface area contributed by atoms with Crippen LogP contribution in [-0.2, 0) is 28.5 Å². The summed E-state index contributed by atoms with van der Waals surface area (Å²) in [4.78, 5) is 50.0. The first-order chi connectivity index (χ1) is 26.4. The number of hydrogen-bond donors (Lipinski definition) is 3. The van der Waals surface area contributed by atoms with E-state index in [2.05, 4.69) is 0 Å². The second kappa shape index (κ2) is 18.8. The van der Waals surface area contributed by atoms with E-state index in [0.29, 0.717) is 28.7 Å². The van der Waals surface area contributed by atoms with E-state index in [-0.39, 0.29) is 28.2 Å². The Balaban J connectivity index is 0.000000307. The number of aliphatic hydroxyl groups is 2. The highest BCUT2D eigenvalue weighted by Gasteiger charge is 2.44. The van der Waals surface area contributed by atoms with Crippen molar-refractivity contribution in [1.82, 2.24) is 0 Å². The van der Waals surface area contributed by atoms with Gasteiger partial charge in [0.2, 0.25) is 0 Å². The second-order valence-corrected chi connectivity index (χ2v) is 15.5. The Morgan fingerprint density at radius 1 is 0.672 bits per heavy atom. The van der Waals surface area contributed by atoms with Crippen LogP contribution >= 0.6 is 0 Å². The van der Waals surface area contributed by atoms with Crippen molar-refractivity contribution >= 4 is 35.7 Å². The first kappa shape index (κ1) is 47.5. The lowest BCUT2D eigenvalue weighted by molar-refractivity contribution is -0.152. The topological polar surface area (TPSA) is 166 Å². The van der Waals surface area contributed by atoms with Crippen LogP contribution in [0.1, 0.15) is 103 Å². The molecule has 14 heteroatoms. The number of esters is 2. The predicted octanol–water partition coefficient (Wildman–Crippen LogP) is 7.03. The van der Waals surface area contributed by atoms with E-state index in [0.717, 1.165) is 42.4 Å². The summed E-state index contributed by atoms with van der Waals surface area (Å²) in [5.41, 5.74) is -0.568. The van der Waals surface area contributed by atoms with Gasteiger partial charge in [0.25, 0.3) is 0 Å². The van der Waals surface area contributed by atoms with Crippen molar-refractivity contribution in [3.63, 3.8) is 0 Å². The molecule has 11 nitrogen and oxygen atoms in total. The molecule has 1 fully saturated rings. The molecule has 6 unspecified atom stereocenters. The molecule has 0 saturated carbocycles. The highest BCUT2D eigenvalue weighted by Crippen LogP contribution is 2.33. The molecule has 3 heterocycles. The van der Waals surface area contributed by atoms with Crippen LogP contribution in [0.3, 0.4) is 0 Å². The second-order valence-electron chi connectivity index (χ2n) is 15.5. The molecule has 0 radical (unpaired) electrons. The van der Waals surface area contributed by atoms with Gasteiger partial charge in [-0.25, -0.2) is 18.4 Å². The summed E-state index contributed by atoms with van der Waals surface area (Å²) < 4.78 is 52.3. The van der Waals surface area contributed by atoms with Crippen LogP contribution in [0.25, 0.3) is 12.2 Å². The highest BCUT2D eigenvalue weighted by molar-refractivity contribution is 5.98. The summed E-state index contributed by atoms with van der Waals surface area (Å²) in [6, 6.07) is 6.77. The number of rotatable bonds is 0. The van der Waals surface area contributed by atoms with Crippen LogP contribution in [-0.4, -0.2) is 92.6 Å². The summed E-state index contributed by atoms with van der Waals surface area (Å²) in [5, 5.41) is 30.0. The minimum Gasteiger partial charge on any atom is -0.507 e. The van der Waals surface area contributed by atoms with Crippen molar-refractivity contribution in [3.05, 3.63) is 99.7 Å². The maximum absolute atomic E-state index is 15.2. The molecule has 3 aliphatic heterocycles. The number of cyclic esters (lactones) is 2. The van der Waals surface area contributed by atoms with Gasteiger partial charge in [-0.1, -0.05) is 48.1 Å². The van der Waals surface area contributed by atoms with Crippen molar-refractivity contribution in [3.8, 4) is 5.75 Å². The van der Waals surface area contributed by atoms with Gasteiger partial charge in [0.15, 0.2) is 28.7 Å². The molecule has 58 heavy (non-hydrogen) atoms. The number of phenolic OH excluding ortho intramolecular Hbond substituents is 1. The Labute approximate surface area is 336 Å². The number of alkyl halides is 2. The van der Waals surface area contributed by atoms with Gasteiger partial charge in [0.05, 0.1) is 17.8 Å². The summed E-state index contributed by atoms with van der Waals surface area (Å²) >= 11 is 0. The van der Waals surface area contributed by atoms with E-state index >= 15 is 4.39 Å². The van der Waals surface area contributed by atoms with Crippen LogP contribution in [0.15, 0.2) is 60.7 Å². The fourth-order valence-electron chi connectivity index (χ4n) is 6.41. The molecule has 2 aromatic rings. The molecule has 0 amide bonds. The number of ketones is 2. The van der Waals surface area contributed by atoms with E-state index < -0.39 is 71.5 Å². The molecule has 0 spiro atoms. The minimum atomic E-state index is -2.21. The smallest absolute Gasteiger partial charge is 0.342 e. The predicted molar refractivity (Wildman–Crippen MR) is 211 cm³/mol. The highest BCUT2D eigenvalue weighted by atomic mass is 19.1. The summed E-state index contributed by atoms with van der Waals surface area (Å²) in [6.07, 6.45) is 4.05. The fourth-order valence-corrected chi connectivity index (χ4v) is 6.41. The molecule has 0 aliphatic carbocycles. The van der Waals surface area contributed by atoms with Crippen molar-refractivity contribution in [2.45, 2.75) is 129 Å². The molecule has 3 N–H and O–H groups in total. The van der Waals surface area contributed by atoms with Gasteiger partial charge in [-0.3, -0.25) is 14.3 Å². The molecule has 1 saturated heterocycles. The quantitative estimate of drug-likeness (QED) is 0.234. The number of ether oxygens (including phenoxy) is 4. The number of aryl methyl sites for hydroxylation is 3. The Morgan fingerprint density at radius 2 is 1.16 bits per heavy atom. The zero-order chi connectivity index (χ0) is 42.6. The maximum Gasteiger partial charge on any atom is 0.342 e. The van der Waals surface area contributed by atoms with Gasteiger partial charge in [0, 0.05) is 0 Å². The lowest BCUT2D eigenvalue weighted by atomic mass is 9.96. The molecule has 2 aromatic carbocycles. The maximum atomic E-state index is 15.2. The molecule has 8 atom stereocenters. The average Bonchev–Trinajstić information content (AvgIpc) is 3.41. The van der Waals surface area contributed by atoms with Gasteiger partial charge in [-0.15, -0.1) is 0 Å². The minimum absolute atomic E-state index is 0. The monoisotopic (exact) mass is 814 g/mol. The van der Waals surface area contributed by atoms with Gasteiger partial charge in [-0.2, -0.15) is 0 Å². The molecular weight excluding hydrogens is 761 g/mol. The number of fused-ring (bicyclic) bond motifs is 3.